The molecule has 148 valence electrons. The van der Waals surface area contributed by atoms with Gasteiger partial charge < -0.3 is 0 Å². The molecule has 2 atom stereocenters. The maximum absolute atomic E-state index is 2.54. The van der Waals surface area contributed by atoms with Crippen LogP contribution in [0.4, 0.5) is 0 Å². The normalized spacial score (nSPS) is 19.4. The van der Waals surface area contributed by atoms with E-state index in [0.29, 0.717) is 0 Å². The maximum Gasteiger partial charge on any atom is 0.220 e. The monoisotopic (exact) mass is 390 g/mol. The van der Waals surface area contributed by atoms with Crippen LogP contribution in [0.3, 0.4) is 0 Å². The van der Waals surface area contributed by atoms with Crippen molar-refractivity contribution in [3.8, 4) is 22.4 Å². The van der Waals surface area contributed by atoms with Crippen molar-refractivity contribution in [3.63, 3.8) is 0 Å². The SMILES string of the molecule is Cc1cc2c(cc1-c1c3ccc(-c4ccccc4)cc3cc(C)[n+]1C)C1CCC2C1. The minimum absolute atomic E-state index is 0.787. The fourth-order valence-corrected chi connectivity index (χ4v) is 5.97. The first-order valence-corrected chi connectivity index (χ1v) is 11.2. The quantitative estimate of drug-likeness (QED) is 0.325. The highest BCUT2D eigenvalue weighted by atomic mass is 14.9. The fourth-order valence-electron chi connectivity index (χ4n) is 5.97. The highest BCUT2D eigenvalue weighted by Crippen LogP contribution is 2.54. The molecule has 2 bridgehead atoms. The molecule has 2 unspecified atom stereocenters. The van der Waals surface area contributed by atoms with Crippen molar-refractivity contribution in [2.24, 2.45) is 7.05 Å². The maximum atomic E-state index is 2.54. The molecule has 1 saturated carbocycles. The molecule has 30 heavy (non-hydrogen) atoms. The lowest BCUT2D eigenvalue weighted by Crippen LogP contribution is -2.35. The third kappa shape index (κ3) is 2.58. The minimum Gasteiger partial charge on any atom is -0.198 e. The number of fused-ring (bicyclic) bond motifs is 6. The van der Waals surface area contributed by atoms with Crippen LogP contribution in [0, 0.1) is 13.8 Å². The molecule has 0 saturated heterocycles. The van der Waals surface area contributed by atoms with Gasteiger partial charge in [0.15, 0.2) is 5.69 Å². The Morgan fingerprint density at radius 3 is 2.27 bits per heavy atom. The number of hydrogen-bond donors (Lipinski definition) is 0. The minimum atomic E-state index is 0.787. The summed E-state index contributed by atoms with van der Waals surface area (Å²) in [7, 11) is 2.22. The highest BCUT2D eigenvalue weighted by Gasteiger charge is 2.37. The van der Waals surface area contributed by atoms with E-state index >= 15 is 0 Å². The van der Waals surface area contributed by atoms with Crippen LogP contribution >= 0.6 is 0 Å². The number of aromatic nitrogens is 1. The Bertz CT molecular complexity index is 1300. The topological polar surface area (TPSA) is 3.88 Å². The van der Waals surface area contributed by atoms with Gasteiger partial charge in [-0.15, -0.1) is 0 Å². The molecule has 4 aromatic rings. The van der Waals surface area contributed by atoms with Crippen molar-refractivity contribution in [2.75, 3.05) is 0 Å². The lowest BCUT2D eigenvalue weighted by atomic mass is 9.86. The zero-order valence-corrected chi connectivity index (χ0v) is 18.1. The second-order valence-electron chi connectivity index (χ2n) is 9.36. The summed E-state index contributed by atoms with van der Waals surface area (Å²) in [6.45, 7) is 4.52. The molecule has 0 amide bonds. The van der Waals surface area contributed by atoms with E-state index in [0.717, 1.165) is 11.8 Å². The van der Waals surface area contributed by atoms with Gasteiger partial charge in [0.1, 0.15) is 7.05 Å². The van der Waals surface area contributed by atoms with Crippen molar-refractivity contribution in [2.45, 2.75) is 44.9 Å². The summed E-state index contributed by atoms with van der Waals surface area (Å²) in [5.41, 5.74) is 11.3. The molecule has 0 aliphatic heterocycles. The third-order valence-corrected chi connectivity index (χ3v) is 7.64. The summed E-state index contributed by atoms with van der Waals surface area (Å²) in [6.07, 6.45) is 4.14. The number of hydrogen-bond acceptors (Lipinski definition) is 0. The van der Waals surface area contributed by atoms with E-state index in [9.17, 15) is 0 Å². The van der Waals surface area contributed by atoms with E-state index in [1.807, 2.05) is 0 Å². The molecule has 0 spiro atoms. The fraction of sp³-hybridized carbons (Fsp3) is 0.276. The largest absolute Gasteiger partial charge is 0.220 e. The Labute approximate surface area is 179 Å². The molecule has 1 nitrogen and oxygen atoms in total. The van der Waals surface area contributed by atoms with Crippen molar-refractivity contribution < 1.29 is 4.57 Å². The third-order valence-electron chi connectivity index (χ3n) is 7.64. The molecule has 1 heteroatoms. The highest BCUT2D eigenvalue weighted by molar-refractivity contribution is 5.96. The number of nitrogens with zero attached hydrogens (tertiary/aromatic N) is 1. The average Bonchev–Trinajstić information content (AvgIpc) is 3.37. The van der Waals surface area contributed by atoms with Crippen molar-refractivity contribution in [3.05, 3.63) is 89.1 Å². The Morgan fingerprint density at radius 1 is 0.767 bits per heavy atom. The Hall–Kier alpha value is -2.93. The van der Waals surface area contributed by atoms with E-state index in [-0.39, 0.29) is 0 Å². The first kappa shape index (κ1) is 17.9. The molecule has 3 aromatic carbocycles. The first-order chi connectivity index (χ1) is 14.6. The Balaban J connectivity index is 1.58. The molecule has 6 rings (SSSR count). The van der Waals surface area contributed by atoms with Crippen LogP contribution in [0.2, 0.25) is 0 Å². The number of rotatable bonds is 2. The van der Waals surface area contributed by atoms with Crippen LogP contribution in [-0.2, 0) is 7.05 Å². The summed E-state index contributed by atoms with van der Waals surface area (Å²) >= 11 is 0. The first-order valence-electron chi connectivity index (χ1n) is 11.2. The van der Waals surface area contributed by atoms with Crippen molar-refractivity contribution >= 4 is 10.8 Å². The second-order valence-corrected chi connectivity index (χ2v) is 9.36. The molecule has 0 radical (unpaired) electrons. The van der Waals surface area contributed by atoms with Gasteiger partial charge in [0.25, 0.3) is 0 Å². The van der Waals surface area contributed by atoms with E-state index in [1.54, 1.807) is 11.1 Å². The second kappa shape index (κ2) is 6.54. The number of pyridine rings is 1. The predicted octanol–water partition coefficient (Wildman–Crippen LogP) is 6.98. The van der Waals surface area contributed by atoms with Crippen LogP contribution in [0.1, 0.15) is 53.5 Å². The van der Waals surface area contributed by atoms with Gasteiger partial charge in [-0.2, -0.15) is 4.57 Å². The summed E-state index contributed by atoms with van der Waals surface area (Å²) < 4.78 is 2.38. The average molecular weight is 391 g/mol. The van der Waals surface area contributed by atoms with Crippen molar-refractivity contribution in [1.82, 2.24) is 0 Å². The zero-order valence-electron chi connectivity index (χ0n) is 18.1. The van der Waals surface area contributed by atoms with Crippen LogP contribution in [0.5, 0.6) is 0 Å². The Morgan fingerprint density at radius 2 is 1.50 bits per heavy atom. The van der Waals surface area contributed by atoms with Gasteiger partial charge in [0.05, 0.1) is 10.9 Å². The van der Waals surface area contributed by atoms with Gasteiger partial charge >= 0.3 is 0 Å². The van der Waals surface area contributed by atoms with Gasteiger partial charge in [-0.05, 0) is 89.4 Å². The smallest absolute Gasteiger partial charge is 0.198 e. The summed E-state index contributed by atoms with van der Waals surface area (Å²) in [4.78, 5) is 0. The van der Waals surface area contributed by atoms with E-state index in [4.69, 9.17) is 0 Å². The van der Waals surface area contributed by atoms with Gasteiger partial charge in [0.2, 0.25) is 5.69 Å². The lowest BCUT2D eigenvalue weighted by Gasteiger charge is -2.18. The summed E-state index contributed by atoms with van der Waals surface area (Å²) in [6, 6.07) is 25.0. The molecular weight excluding hydrogens is 362 g/mol. The number of benzene rings is 3. The van der Waals surface area contributed by atoms with E-state index in [1.165, 1.54) is 63.7 Å². The Kier molecular flexibility index (Phi) is 3.90. The summed E-state index contributed by atoms with van der Waals surface area (Å²) in [5.74, 6) is 1.60. The molecule has 1 fully saturated rings. The van der Waals surface area contributed by atoms with Crippen LogP contribution < -0.4 is 4.57 Å². The predicted molar refractivity (Wildman–Crippen MR) is 125 cm³/mol. The van der Waals surface area contributed by atoms with Crippen molar-refractivity contribution in [1.29, 1.82) is 0 Å². The molecule has 2 aliphatic carbocycles. The van der Waals surface area contributed by atoms with E-state index < -0.39 is 0 Å². The van der Waals surface area contributed by atoms with Crippen LogP contribution in [0.15, 0.2) is 66.7 Å². The molecule has 1 heterocycles. The summed E-state index contributed by atoms with van der Waals surface area (Å²) in [5, 5.41) is 2.66. The van der Waals surface area contributed by atoms with Crippen LogP contribution in [-0.4, -0.2) is 0 Å². The van der Waals surface area contributed by atoms with Gasteiger partial charge in [-0.25, -0.2) is 0 Å². The molecule has 1 aromatic heterocycles. The van der Waals surface area contributed by atoms with Gasteiger partial charge in [-0.1, -0.05) is 42.5 Å². The molecule has 2 aliphatic rings. The van der Waals surface area contributed by atoms with Gasteiger partial charge in [-0.3, -0.25) is 0 Å². The molecule has 0 N–H and O–H groups in total. The van der Waals surface area contributed by atoms with E-state index in [2.05, 4.69) is 92.2 Å². The molecular formula is C29H28N+. The number of aryl methyl sites for hydroxylation is 2. The van der Waals surface area contributed by atoms with Gasteiger partial charge in [0, 0.05) is 13.0 Å². The standard InChI is InChI=1S/C29H28N/c1-18-13-27-22-9-10-23(16-22)28(27)17-26(18)29-25-12-11-21(20-7-5-4-6-8-20)15-24(25)14-19(2)30(29)3/h4-8,11-15,17,22-23H,9-10,16H2,1-3H3/q+1. The zero-order chi connectivity index (χ0) is 20.4. The lowest BCUT2D eigenvalue weighted by molar-refractivity contribution is -0.665. The van der Waals surface area contributed by atoms with Crippen LogP contribution in [0.25, 0.3) is 33.2 Å².